The van der Waals surface area contributed by atoms with E-state index < -0.39 is 14.8 Å². The second-order valence-corrected chi connectivity index (χ2v) is 8.17. The number of para-hydroxylation sites is 1. The van der Waals surface area contributed by atoms with Crippen LogP contribution in [0.1, 0.15) is 0 Å². The second kappa shape index (κ2) is 6.95. The number of nitrogens with one attached hydrogen (secondary N) is 1. The molecule has 0 unspecified atom stereocenters. The van der Waals surface area contributed by atoms with Gasteiger partial charge in [0.25, 0.3) is 5.69 Å². The van der Waals surface area contributed by atoms with Crippen LogP contribution in [0.25, 0.3) is 16.9 Å². The molecular weight excluding hydrogens is 396 g/mol. The van der Waals surface area contributed by atoms with Gasteiger partial charge in [0.1, 0.15) is 11.8 Å². The second-order valence-electron chi connectivity index (χ2n) is 6.19. The Labute approximate surface area is 164 Å². The first-order chi connectivity index (χ1) is 13.8. The molecule has 0 aliphatic rings. The number of nitro benzene ring substituents is 1. The zero-order chi connectivity index (χ0) is 20.6. The van der Waals surface area contributed by atoms with Crippen molar-refractivity contribution in [3.8, 4) is 5.69 Å². The van der Waals surface area contributed by atoms with E-state index in [1.165, 1.54) is 30.7 Å². The van der Waals surface area contributed by atoms with E-state index in [-0.39, 0.29) is 16.5 Å². The molecule has 2 aromatic heterocycles. The number of sulfone groups is 1. The van der Waals surface area contributed by atoms with Crippen LogP contribution in [0.4, 0.5) is 17.3 Å². The Morgan fingerprint density at radius 3 is 2.66 bits per heavy atom. The lowest BCUT2D eigenvalue weighted by molar-refractivity contribution is -0.384. The maximum Gasteiger partial charge on any atom is 0.271 e. The molecule has 0 amide bonds. The van der Waals surface area contributed by atoms with Crippen molar-refractivity contribution < 1.29 is 13.3 Å². The summed E-state index contributed by atoms with van der Waals surface area (Å²) in [4.78, 5) is 23.4. The summed E-state index contributed by atoms with van der Waals surface area (Å²) in [6.07, 6.45) is 4.09. The van der Waals surface area contributed by atoms with E-state index in [4.69, 9.17) is 0 Å². The number of aromatic nitrogens is 4. The van der Waals surface area contributed by atoms with Crippen molar-refractivity contribution in [2.45, 2.75) is 4.90 Å². The molecule has 2 aromatic carbocycles. The molecular formula is C18H14N6O4S. The number of imidazole rings is 1. The highest BCUT2D eigenvalue weighted by Gasteiger charge is 2.17. The molecule has 0 atom stereocenters. The van der Waals surface area contributed by atoms with Crippen LogP contribution < -0.4 is 5.32 Å². The van der Waals surface area contributed by atoms with Gasteiger partial charge in [0.05, 0.1) is 21.7 Å². The number of hydrogen-bond donors (Lipinski definition) is 1. The van der Waals surface area contributed by atoms with E-state index in [1.807, 2.05) is 0 Å². The van der Waals surface area contributed by atoms with Crippen molar-refractivity contribution in [1.82, 2.24) is 19.5 Å². The number of nitro groups is 1. The first kappa shape index (κ1) is 18.5. The van der Waals surface area contributed by atoms with E-state index in [0.717, 1.165) is 6.26 Å². The van der Waals surface area contributed by atoms with Gasteiger partial charge in [-0.05, 0) is 18.2 Å². The van der Waals surface area contributed by atoms with Crippen LogP contribution in [-0.4, -0.2) is 39.1 Å². The van der Waals surface area contributed by atoms with Gasteiger partial charge in [0.15, 0.2) is 15.5 Å². The predicted molar refractivity (Wildman–Crippen MR) is 106 cm³/mol. The minimum Gasteiger partial charge on any atom is -0.324 e. The zero-order valence-electron chi connectivity index (χ0n) is 15.1. The van der Waals surface area contributed by atoms with Gasteiger partial charge in [-0.1, -0.05) is 18.2 Å². The standard InChI is InChI=1S/C18H14N6O4S/c1-29(27,28)16-8-3-2-7-15(16)23-11-20-14-10-19-18(22-17(14)23)21-12-5-4-6-13(9-12)24(25)26/h2-11H,1H3,(H,19,21,22). The third-order valence-corrected chi connectivity index (χ3v) is 5.27. The first-order valence-electron chi connectivity index (χ1n) is 8.34. The molecule has 11 heteroatoms. The molecule has 0 radical (unpaired) electrons. The van der Waals surface area contributed by atoms with Gasteiger partial charge >= 0.3 is 0 Å². The van der Waals surface area contributed by atoms with Crippen molar-refractivity contribution >= 4 is 38.3 Å². The average Bonchev–Trinajstić information content (AvgIpc) is 3.10. The molecule has 0 fully saturated rings. The zero-order valence-corrected chi connectivity index (χ0v) is 15.9. The molecule has 0 spiro atoms. The first-order valence-corrected chi connectivity index (χ1v) is 10.2. The summed E-state index contributed by atoms with van der Waals surface area (Å²) >= 11 is 0. The van der Waals surface area contributed by atoms with Gasteiger partial charge in [-0.15, -0.1) is 0 Å². The van der Waals surface area contributed by atoms with Crippen molar-refractivity contribution in [3.63, 3.8) is 0 Å². The summed E-state index contributed by atoms with van der Waals surface area (Å²) in [7, 11) is -3.47. The maximum absolute atomic E-state index is 12.1. The van der Waals surface area contributed by atoms with Crippen molar-refractivity contribution in [1.29, 1.82) is 0 Å². The third kappa shape index (κ3) is 3.62. The minimum atomic E-state index is -3.47. The number of benzene rings is 2. The highest BCUT2D eigenvalue weighted by molar-refractivity contribution is 7.90. The summed E-state index contributed by atoms with van der Waals surface area (Å²) < 4.78 is 25.9. The Morgan fingerprint density at radius 2 is 1.90 bits per heavy atom. The van der Waals surface area contributed by atoms with Crippen molar-refractivity contribution in [2.75, 3.05) is 11.6 Å². The highest BCUT2D eigenvalue weighted by atomic mass is 32.2. The minimum absolute atomic E-state index is 0.0665. The number of non-ortho nitro benzene ring substituents is 1. The number of fused-ring (bicyclic) bond motifs is 1. The number of hydrogen-bond acceptors (Lipinski definition) is 8. The van der Waals surface area contributed by atoms with Gasteiger partial charge in [0.2, 0.25) is 5.95 Å². The normalized spacial score (nSPS) is 11.5. The number of nitrogens with zero attached hydrogens (tertiary/aromatic N) is 5. The summed E-state index contributed by atoms with van der Waals surface area (Å²) in [6, 6.07) is 12.5. The number of anilines is 2. The largest absolute Gasteiger partial charge is 0.324 e. The molecule has 0 saturated carbocycles. The van der Waals surface area contributed by atoms with Crippen LogP contribution >= 0.6 is 0 Å². The molecule has 10 nitrogen and oxygen atoms in total. The van der Waals surface area contributed by atoms with Crippen LogP contribution in [0.15, 0.2) is 66.0 Å². The Morgan fingerprint density at radius 1 is 1.10 bits per heavy atom. The summed E-state index contributed by atoms with van der Waals surface area (Å²) in [5.74, 6) is 0.191. The van der Waals surface area contributed by atoms with Gasteiger partial charge in [0, 0.05) is 24.1 Å². The smallest absolute Gasteiger partial charge is 0.271 e. The molecule has 2 heterocycles. The molecule has 0 aliphatic carbocycles. The predicted octanol–water partition coefficient (Wildman–Crippen LogP) is 2.87. The highest BCUT2D eigenvalue weighted by Crippen LogP contribution is 2.25. The van der Waals surface area contributed by atoms with Crippen LogP contribution in [-0.2, 0) is 9.84 Å². The molecule has 0 aliphatic heterocycles. The van der Waals surface area contributed by atoms with E-state index in [9.17, 15) is 18.5 Å². The molecule has 0 bridgehead atoms. The lowest BCUT2D eigenvalue weighted by Gasteiger charge is -2.10. The Hall–Kier alpha value is -3.86. The maximum atomic E-state index is 12.1. The van der Waals surface area contributed by atoms with E-state index in [1.54, 1.807) is 34.9 Å². The van der Waals surface area contributed by atoms with Crippen LogP contribution in [0.5, 0.6) is 0 Å². The Balaban J connectivity index is 1.79. The summed E-state index contributed by atoms with van der Waals surface area (Å²) in [5, 5.41) is 13.9. The average molecular weight is 410 g/mol. The van der Waals surface area contributed by atoms with Crippen molar-refractivity contribution in [2.24, 2.45) is 0 Å². The Kier molecular flexibility index (Phi) is 4.43. The number of rotatable bonds is 5. The third-order valence-electron chi connectivity index (χ3n) is 4.13. The van der Waals surface area contributed by atoms with E-state index in [2.05, 4.69) is 20.3 Å². The fourth-order valence-corrected chi connectivity index (χ4v) is 3.71. The topological polar surface area (TPSA) is 133 Å². The van der Waals surface area contributed by atoms with Crippen LogP contribution in [0, 0.1) is 10.1 Å². The molecule has 1 N–H and O–H groups in total. The lowest BCUT2D eigenvalue weighted by atomic mass is 10.3. The fourth-order valence-electron chi connectivity index (χ4n) is 2.84. The van der Waals surface area contributed by atoms with Gasteiger partial charge < -0.3 is 5.32 Å². The molecule has 29 heavy (non-hydrogen) atoms. The summed E-state index contributed by atoms with van der Waals surface area (Å²) in [5.41, 5.74) is 1.66. The monoisotopic (exact) mass is 410 g/mol. The quantitative estimate of drug-likeness (QED) is 0.392. The van der Waals surface area contributed by atoms with Gasteiger partial charge in [-0.3, -0.25) is 14.7 Å². The van der Waals surface area contributed by atoms with Crippen molar-refractivity contribution in [3.05, 3.63) is 71.2 Å². The van der Waals surface area contributed by atoms with Gasteiger partial charge in [-0.2, -0.15) is 4.98 Å². The SMILES string of the molecule is CS(=O)(=O)c1ccccc1-n1cnc2cnc(Nc3cccc([N+](=O)[O-])c3)nc21. The lowest BCUT2D eigenvalue weighted by Crippen LogP contribution is -2.05. The molecule has 0 saturated heterocycles. The van der Waals surface area contributed by atoms with E-state index in [0.29, 0.717) is 22.5 Å². The molecule has 4 rings (SSSR count). The van der Waals surface area contributed by atoms with Crippen LogP contribution in [0.2, 0.25) is 0 Å². The van der Waals surface area contributed by atoms with E-state index >= 15 is 0 Å². The van der Waals surface area contributed by atoms with Gasteiger partial charge in [-0.25, -0.2) is 18.4 Å². The fraction of sp³-hybridized carbons (Fsp3) is 0.0556. The molecule has 146 valence electrons. The Bertz CT molecular complexity index is 1350. The van der Waals surface area contributed by atoms with Crippen LogP contribution in [0.3, 0.4) is 0 Å². The summed E-state index contributed by atoms with van der Waals surface area (Å²) in [6.45, 7) is 0. The molecule has 4 aromatic rings.